The molecule has 0 aliphatic carbocycles. The van der Waals surface area contributed by atoms with E-state index < -0.39 is 0 Å². The molecule has 2 rings (SSSR count). The summed E-state index contributed by atoms with van der Waals surface area (Å²) in [5.41, 5.74) is 1.19. The molecule has 0 amide bonds. The first-order valence-electron chi connectivity index (χ1n) is 5.45. The molecule has 17 heavy (non-hydrogen) atoms. The van der Waals surface area contributed by atoms with Crippen molar-refractivity contribution in [2.75, 3.05) is 0 Å². The van der Waals surface area contributed by atoms with Crippen LogP contribution in [0, 0.1) is 6.92 Å². The van der Waals surface area contributed by atoms with E-state index in [0.717, 1.165) is 12.2 Å². The lowest BCUT2D eigenvalue weighted by molar-refractivity contribution is 0.458. The highest BCUT2D eigenvalue weighted by atomic mass is 35.5. The van der Waals surface area contributed by atoms with Crippen LogP contribution >= 0.6 is 11.6 Å². The summed E-state index contributed by atoms with van der Waals surface area (Å²) in [4.78, 5) is 8.33. The minimum atomic E-state index is 0.402. The maximum absolute atomic E-state index is 5.89. The Morgan fingerprint density at radius 2 is 1.88 bits per heavy atom. The first-order valence-corrected chi connectivity index (χ1v) is 5.83. The standard InChI is InChI=1S/C13H13ClN2O/c1-3-12-15-11(14)8-13(16-12)17-10-6-4-9(2)5-7-10/h4-8H,3H2,1-2H3. The smallest absolute Gasteiger partial charge is 0.224 e. The van der Waals surface area contributed by atoms with E-state index in [0.29, 0.717) is 16.9 Å². The van der Waals surface area contributed by atoms with Gasteiger partial charge in [0.2, 0.25) is 5.88 Å². The van der Waals surface area contributed by atoms with Gasteiger partial charge in [-0.05, 0) is 19.1 Å². The molecular weight excluding hydrogens is 236 g/mol. The summed E-state index contributed by atoms with van der Waals surface area (Å²) in [6.07, 6.45) is 0.727. The molecule has 1 aromatic heterocycles. The van der Waals surface area contributed by atoms with E-state index in [1.807, 2.05) is 38.1 Å². The van der Waals surface area contributed by atoms with Crippen LogP contribution in [-0.2, 0) is 6.42 Å². The van der Waals surface area contributed by atoms with Gasteiger partial charge in [-0.3, -0.25) is 0 Å². The second kappa shape index (κ2) is 5.15. The number of hydrogen-bond acceptors (Lipinski definition) is 3. The van der Waals surface area contributed by atoms with Gasteiger partial charge in [-0.1, -0.05) is 36.2 Å². The number of rotatable bonds is 3. The molecule has 0 aliphatic rings. The molecule has 3 nitrogen and oxygen atoms in total. The predicted octanol–water partition coefficient (Wildman–Crippen LogP) is 3.79. The maximum Gasteiger partial charge on any atom is 0.224 e. The van der Waals surface area contributed by atoms with Crippen LogP contribution in [0.2, 0.25) is 5.15 Å². The van der Waals surface area contributed by atoms with Gasteiger partial charge in [0.25, 0.3) is 0 Å². The molecule has 0 saturated carbocycles. The number of ether oxygens (including phenoxy) is 1. The topological polar surface area (TPSA) is 35.0 Å². The molecule has 1 heterocycles. The molecule has 0 spiro atoms. The highest BCUT2D eigenvalue weighted by molar-refractivity contribution is 6.29. The second-order valence-electron chi connectivity index (χ2n) is 3.71. The van der Waals surface area contributed by atoms with Crippen molar-refractivity contribution >= 4 is 11.6 Å². The molecule has 0 unspecified atom stereocenters. The lowest BCUT2D eigenvalue weighted by Gasteiger charge is -2.06. The molecule has 0 aliphatic heterocycles. The van der Waals surface area contributed by atoms with Gasteiger partial charge in [-0.2, -0.15) is 4.98 Å². The molecule has 88 valence electrons. The quantitative estimate of drug-likeness (QED) is 0.775. The summed E-state index contributed by atoms with van der Waals surface area (Å²) in [6.45, 7) is 4.00. The molecule has 0 bridgehead atoms. The first kappa shape index (κ1) is 11.9. The zero-order chi connectivity index (χ0) is 12.3. The van der Waals surface area contributed by atoms with Gasteiger partial charge in [0.15, 0.2) is 0 Å². The number of aromatic nitrogens is 2. The third-order valence-electron chi connectivity index (χ3n) is 2.28. The summed E-state index contributed by atoms with van der Waals surface area (Å²) in [5, 5.41) is 0.402. The molecule has 0 N–H and O–H groups in total. The molecule has 0 saturated heterocycles. The Hall–Kier alpha value is -1.61. The zero-order valence-corrected chi connectivity index (χ0v) is 10.5. The predicted molar refractivity (Wildman–Crippen MR) is 67.7 cm³/mol. The van der Waals surface area contributed by atoms with Crippen molar-refractivity contribution in [3.05, 3.63) is 46.9 Å². The minimum absolute atomic E-state index is 0.402. The highest BCUT2D eigenvalue weighted by Gasteiger charge is 2.04. The molecule has 0 radical (unpaired) electrons. The van der Waals surface area contributed by atoms with Crippen molar-refractivity contribution in [3.63, 3.8) is 0 Å². The molecule has 0 atom stereocenters. The van der Waals surface area contributed by atoms with Crippen LogP contribution in [0.3, 0.4) is 0 Å². The molecule has 4 heteroatoms. The SMILES string of the molecule is CCc1nc(Cl)cc(Oc2ccc(C)cc2)n1. The van der Waals surface area contributed by atoms with Crippen molar-refractivity contribution in [1.29, 1.82) is 0 Å². The lowest BCUT2D eigenvalue weighted by Crippen LogP contribution is -1.96. The Kier molecular flexibility index (Phi) is 3.59. The lowest BCUT2D eigenvalue weighted by atomic mass is 10.2. The zero-order valence-electron chi connectivity index (χ0n) is 9.77. The average Bonchev–Trinajstić information content (AvgIpc) is 2.31. The number of nitrogens with zero attached hydrogens (tertiary/aromatic N) is 2. The molecule has 2 aromatic rings. The summed E-state index contributed by atoms with van der Waals surface area (Å²) in [7, 11) is 0. The summed E-state index contributed by atoms with van der Waals surface area (Å²) < 4.78 is 5.62. The summed E-state index contributed by atoms with van der Waals surface area (Å²) in [6, 6.07) is 9.38. The van der Waals surface area contributed by atoms with E-state index >= 15 is 0 Å². The third-order valence-corrected chi connectivity index (χ3v) is 2.47. The fourth-order valence-corrected chi connectivity index (χ4v) is 1.57. The number of aryl methyl sites for hydroxylation is 2. The van der Waals surface area contributed by atoms with E-state index in [1.54, 1.807) is 6.07 Å². The van der Waals surface area contributed by atoms with Crippen molar-refractivity contribution in [2.45, 2.75) is 20.3 Å². The monoisotopic (exact) mass is 248 g/mol. The molecule has 1 aromatic carbocycles. The highest BCUT2D eigenvalue weighted by Crippen LogP contribution is 2.22. The van der Waals surface area contributed by atoms with Crippen LogP contribution < -0.4 is 4.74 Å². The Labute approximate surface area is 105 Å². The van der Waals surface area contributed by atoms with Crippen molar-refractivity contribution in [2.24, 2.45) is 0 Å². The van der Waals surface area contributed by atoms with Crippen LogP contribution in [0.4, 0.5) is 0 Å². The summed E-state index contributed by atoms with van der Waals surface area (Å²) in [5.74, 6) is 1.90. The maximum atomic E-state index is 5.89. The molecule has 0 fully saturated rings. The fraction of sp³-hybridized carbons (Fsp3) is 0.231. The third kappa shape index (κ3) is 3.17. The van der Waals surface area contributed by atoms with E-state index in [4.69, 9.17) is 16.3 Å². The Bertz CT molecular complexity index is 511. The Balaban J connectivity index is 2.23. The van der Waals surface area contributed by atoms with Crippen LogP contribution in [-0.4, -0.2) is 9.97 Å². The van der Waals surface area contributed by atoms with Gasteiger partial charge in [0, 0.05) is 12.5 Å². The largest absolute Gasteiger partial charge is 0.439 e. The Morgan fingerprint density at radius 3 is 2.53 bits per heavy atom. The van der Waals surface area contributed by atoms with Crippen LogP contribution in [0.1, 0.15) is 18.3 Å². The normalized spacial score (nSPS) is 10.3. The van der Waals surface area contributed by atoms with Gasteiger partial charge in [-0.25, -0.2) is 4.98 Å². The average molecular weight is 249 g/mol. The Morgan fingerprint density at radius 1 is 1.18 bits per heavy atom. The summed E-state index contributed by atoms with van der Waals surface area (Å²) >= 11 is 5.89. The van der Waals surface area contributed by atoms with E-state index in [-0.39, 0.29) is 0 Å². The van der Waals surface area contributed by atoms with Crippen molar-refractivity contribution in [3.8, 4) is 11.6 Å². The number of halogens is 1. The molecular formula is C13H13ClN2O. The first-order chi connectivity index (χ1) is 8.17. The van der Waals surface area contributed by atoms with Gasteiger partial charge in [-0.15, -0.1) is 0 Å². The van der Waals surface area contributed by atoms with Gasteiger partial charge in [0.1, 0.15) is 16.7 Å². The van der Waals surface area contributed by atoms with Crippen LogP contribution in [0.25, 0.3) is 0 Å². The second-order valence-corrected chi connectivity index (χ2v) is 4.10. The van der Waals surface area contributed by atoms with Crippen LogP contribution in [0.15, 0.2) is 30.3 Å². The number of benzene rings is 1. The minimum Gasteiger partial charge on any atom is -0.439 e. The van der Waals surface area contributed by atoms with Crippen molar-refractivity contribution in [1.82, 2.24) is 9.97 Å². The van der Waals surface area contributed by atoms with Crippen LogP contribution in [0.5, 0.6) is 11.6 Å². The van der Waals surface area contributed by atoms with Gasteiger partial charge < -0.3 is 4.74 Å². The van der Waals surface area contributed by atoms with Crippen molar-refractivity contribution < 1.29 is 4.74 Å². The number of hydrogen-bond donors (Lipinski definition) is 0. The van der Waals surface area contributed by atoms with E-state index in [2.05, 4.69) is 9.97 Å². The van der Waals surface area contributed by atoms with E-state index in [1.165, 1.54) is 5.56 Å². The van der Waals surface area contributed by atoms with Gasteiger partial charge >= 0.3 is 0 Å². The van der Waals surface area contributed by atoms with E-state index in [9.17, 15) is 0 Å². The fourth-order valence-electron chi connectivity index (χ4n) is 1.38. The van der Waals surface area contributed by atoms with Gasteiger partial charge in [0.05, 0.1) is 0 Å².